The van der Waals surface area contributed by atoms with Crippen molar-refractivity contribution in [1.29, 1.82) is 0 Å². The Morgan fingerprint density at radius 2 is 1.04 bits per heavy atom. The molecule has 0 aliphatic carbocycles. The van der Waals surface area contributed by atoms with E-state index in [1.807, 2.05) is 76.2 Å². The lowest BCUT2D eigenvalue weighted by molar-refractivity contribution is 0.478. The molecule has 0 unspecified atom stereocenters. The molecule has 0 bridgehead atoms. The van der Waals surface area contributed by atoms with E-state index >= 15 is 0 Å². The summed E-state index contributed by atoms with van der Waals surface area (Å²) in [7, 11) is 0. The number of hydrogen-bond donors (Lipinski definition) is 0. The molecule has 2 aromatic rings. The molecule has 27 heavy (non-hydrogen) atoms. The second kappa shape index (κ2) is 8.59. The first kappa shape index (κ1) is 20.3. The predicted molar refractivity (Wildman–Crippen MR) is 105 cm³/mol. The van der Waals surface area contributed by atoms with Crippen molar-refractivity contribution in [2.75, 3.05) is 13.1 Å². The molecular formula is C22H24N2O3. The smallest absolute Gasteiger partial charge is 0.234 e. The summed E-state index contributed by atoms with van der Waals surface area (Å²) in [6.45, 7) is 8.89. The number of hydrogen-bond acceptors (Lipinski definition) is 5. The van der Waals surface area contributed by atoms with Crippen LogP contribution in [0.25, 0.3) is 0 Å². The van der Waals surface area contributed by atoms with Gasteiger partial charge in [0.25, 0.3) is 0 Å². The molecule has 0 saturated heterocycles. The van der Waals surface area contributed by atoms with Gasteiger partial charge >= 0.3 is 0 Å². The fourth-order valence-electron chi connectivity index (χ4n) is 2.73. The van der Waals surface area contributed by atoms with Gasteiger partial charge in [-0.3, -0.25) is 0 Å². The average molecular weight is 364 g/mol. The summed E-state index contributed by atoms with van der Waals surface area (Å²) in [4.78, 5) is 28.1. The molecule has 2 rings (SSSR count). The van der Waals surface area contributed by atoms with Crippen molar-refractivity contribution < 1.29 is 14.3 Å². The van der Waals surface area contributed by atoms with Gasteiger partial charge < -0.3 is 4.74 Å². The molecule has 0 N–H and O–H groups in total. The zero-order valence-corrected chi connectivity index (χ0v) is 16.2. The Morgan fingerprint density at radius 3 is 1.33 bits per heavy atom. The molecule has 140 valence electrons. The number of rotatable bonds is 8. The van der Waals surface area contributed by atoms with Gasteiger partial charge in [-0.05, 0) is 35.4 Å². The van der Waals surface area contributed by atoms with Crippen LogP contribution >= 0.6 is 0 Å². The molecule has 0 spiro atoms. The van der Waals surface area contributed by atoms with Crippen molar-refractivity contribution in [3.05, 3.63) is 59.7 Å². The standard InChI is InChI=1S/C22H24N2O3/c1-21(2,13-23-15-25)17-5-9-19(10-6-17)27-20-11-7-18(8-12-20)22(3,4)14-24-16-26/h5-12H,13-14H2,1-4H3. The zero-order chi connectivity index (χ0) is 19.9. The topological polar surface area (TPSA) is 68.1 Å². The Hall–Kier alpha value is -3.00. The van der Waals surface area contributed by atoms with Gasteiger partial charge in [0.1, 0.15) is 11.5 Å². The fourth-order valence-corrected chi connectivity index (χ4v) is 2.73. The van der Waals surface area contributed by atoms with Crippen molar-refractivity contribution >= 4 is 12.2 Å². The van der Waals surface area contributed by atoms with Crippen LogP contribution < -0.4 is 4.74 Å². The minimum absolute atomic E-state index is 0.243. The van der Waals surface area contributed by atoms with E-state index in [1.54, 1.807) is 12.2 Å². The van der Waals surface area contributed by atoms with Crippen LogP contribution in [0, 0.1) is 0 Å². The lowest BCUT2D eigenvalue weighted by atomic mass is 9.85. The third-order valence-corrected chi connectivity index (χ3v) is 4.59. The molecule has 0 heterocycles. The van der Waals surface area contributed by atoms with Crippen molar-refractivity contribution in [2.24, 2.45) is 9.98 Å². The normalized spacial score (nSPS) is 11.3. The summed E-state index contributed by atoms with van der Waals surface area (Å²) in [6, 6.07) is 15.5. The van der Waals surface area contributed by atoms with Gasteiger partial charge in [0, 0.05) is 10.8 Å². The Kier molecular flexibility index (Phi) is 6.46. The molecule has 2 aromatic carbocycles. The first-order chi connectivity index (χ1) is 12.8. The molecule has 5 nitrogen and oxygen atoms in total. The second-order valence-electron chi connectivity index (χ2n) is 7.73. The quantitative estimate of drug-likeness (QED) is 0.503. The third kappa shape index (κ3) is 5.49. The predicted octanol–water partition coefficient (Wildman–Crippen LogP) is 4.71. The van der Waals surface area contributed by atoms with E-state index in [4.69, 9.17) is 4.74 Å². The molecule has 0 aliphatic rings. The van der Waals surface area contributed by atoms with E-state index in [9.17, 15) is 9.59 Å². The van der Waals surface area contributed by atoms with E-state index in [1.165, 1.54) is 0 Å². The summed E-state index contributed by atoms with van der Waals surface area (Å²) in [5.74, 6) is 1.46. The van der Waals surface area contributed by atoms with Gasteiger partial charge in [0.2, 0.25) is 12.2 Å². The van der Waals surface area contributed by atoms with E-state index in [-0.39, 0.29) is 10.8 Å². The largest absolute Gasteiger partial charge is 0.457 e. The monoisotopic (exact) mass is 364 g/mol. The van der Waals surface area contributed by atoms with Crippen LogP contribution in [0.15, 0.2) is 58.5 Å². The maximum Gasteiger partial charge on any atom is 0.234 e. The number of carbonyl (C=O) groups excluding carboxylic acids is 2. The highest BCUT2D eigenvalue weighted by Gasteiger charge is 2.21. The summed E-state index contributed by atoms with van der Waals surface area (Å²) >= 11 is 0. The number of isocyanates is 2. The lowest BCUT2D eigenvalue weighted by Gasteiger charge is -2.23. The molecule has 5 heteroatoms. The molecule has 0 atom stereocenters. The van der Waals surface area contributed by atoms with Gasteiger partial charge in [-0.15, -0.1) is 0 Å². The van der Waals surface area contributed by atoms with Crippen molar-refractivity contribution in [2.45, 2.75) is 38.5 Å². The van der Waals surface area contributed by atoms with E-state index in [0.29, 0.717) is 13.1 Å². The van der Waals surface area contributed by atoms with E-state index in [0.717, 1.165) is 22.6 Å². The van der Waals surface area contributed by atoms with Crippen molar-refractivity contribution in [3.8, 4) is 11.5 Å². The van der Waals surface area contributed by atoms with Gasteiger partial charge in [0.15, 0.2) is 0 Å². The zero-order valence-electron chi connectivity index (χ0n) is 16.2. The molecule has 0 radical (unpaired) electrons. The maximum absolute atomic E-state index is 10.3. The minimum atomic E-state index is -0.243. The van der Waals surface area contributed by atoms with E-state index in [2.05, 4.69) is 9.98 Å². The van der Waals surface area contributed by atoms with Gasteiger partial charge in [-0.2, -0.15) is 0 Å². The van der Waals surface area contributed by atoms with Crippen molar-refractivity contribution in [3.63, 3.8) is 0 Å². The molecular weight excluding hydrogens is 340 g/mol. The molecule has 0 fully saturated rings. The Bertz CT molecular complexity index is 782. The van der Waals surface area contributed by atoms with Crippen LogP contribution in [0.3, 0.4) is 0 Å². The fraction of sp³-hybridized carbons (Fsp3) is 0.364. The van der Waals surface area contributed by atoms with Crippen LogP contribution in [0.4, 0.5) is 0 Å². The molecule has 0 aliphatic heterocycles. The summed E-state index contributed by atoms with van der Waals surface area (Å²) in [5.41, 5.74) is 1.66. The Morgan fingerprint density at radius 1 is 0.704 bits per heavy atom. The average Bonchev–Trinajstić information content (AvgIpc) is 2.66. The maximum atomic E-state index is 10.3. The summed E-state index contributed by atoms with van der Waals surface area (Å²) < 4.78 is 5.90. The molecule has 0 amide bonds. The van der Waals surface area contributed by atoms with E-state index < -0.39 is 0 Å². The van der Waals surface area contributed by atoms with Crippen LogP contribution in [-0.4, -0.2) is 25.2 Å². The SMILES string of the molecule is CC(C)(CN=C=O)c1ccc(Oc2ccc(C(C)(C)CN=C=O)cc2)cc1. The first-order valence-electron chi connectivity index (χ1n) is 8.75. The van der Waals surface area contributed by atoms with Crippen LogP contribution in [0.5, 0.6) is 11.5 Å². The number of nitrogens with zero attached hydrogens (tertiary/aromatic N) is 2. The number of ether oxygens (including phenoxy) is 1. The van der Waals surface area contributed by atoms with Gasteiger partial charge in [-0.25, -0.2) is 19.6 Å². The highest BCUT2D eigenvalue weighted by molar-refractivity contribution is 5.39. The molecule has 0 saturated carbocycles. The third-order valence-electron chi connectivity index (χ3n) is 4.59. The van der Waals surface area contributed by atoms with Crippen LogP contribution in [0.2, 0.25) is 0 Å². The summed E-state index contributed by atoms with van der Waals surface area (Å²) in [6.07, 6.45) is 3.18. The van der Waals surface area contributed by atoms with Gasteiger partial charge in [-0.1, -0.05) is 52.0 Å². The number of benzene rings is 2. The van der Waals surface area contributed by atoms with Gasteiger partial charge in [0.05, 0.1) is 13.1 Å². The highest BCUT2D eigenvalue weighted by atomic mass is 16.5. The van der Waals surface area contributed by atoms with Crippen LogP contribution in [0.1, 0.15) is 38.8 Å². The molecule has 0 aromatic heterocycles. The number of aliphatic imine (C=N–C) groups is 2. The highest BCUT2D eigenvalue weighted by Crippen LogP contribution is 2.30. The minimum Gasteiger partial charge on any atom is -0.457 e. The Labute approximate surface area is 159 Å². The second-order valence-corrected chi connectivity index (χ2v) is 7.73. The van der Waals surface area contributed by atoms with Crippen LogP contribution in [-0.2, 0) is 20.4 Å². The summed E-state index contributed by atoms with van der Waals surface area (Å²) in [5, 5.41) is 0. The lowest BCUT2D eigenvalue weighted by Crippen LogP contribution is -2.21. The van der Waals surface area contributed by atoms with Crippen molar-refractivity contribution in [1.82, 2.24) is 0 Å². The Balaban J connectivity index is 2.09. The first-order valence-corrected chi connectivity index (χ1v) is 8.75.